The molecule has 1 atom stereocenters. The maximum atomic E-state index is 12.0. The van der Waals surface area contributed by atoms with Gasteiger partial charge in [0, 0.05) is 23.2 Å². The molecule has 3 nitrogen and oxygen atoms in total. The van der Waals surface area contributed by atoms with Crippen LogP contribution in [0.15, 0.2) is 22.7 Å². The number of amides is 1. The first-order valence-corrected chi connectivity index (χ1v) is 7.12. The van der Waals surface area contributed by atoms with Crippen LogP contribution in [0.4, 0.5) is 0 Å². The molecule has 4 heteroatoms. The molecule has 1 fully saturated rings. The lowest BCUT2D eigenvalue weighted by atomic mass is 10.1. The first kappa shape index (κ1) is 13.6. The quantitative estimate of drug-likeness (QED) is 0.928. The maximum Gasteiger partial charge on any atom is 0.251 e. The van der Waals surface area contributed by atoms with E-state index in [0.717, 1.165) is 41.5 Å². The minimum Gasteiger partial charge on any atom is -0.378 e. The number of ether oxygens (including phenoxy) is 1. The average Bonchev–Trinajstić information content (AvgIpc) is 2.85. The highest BCUT2D eigenvalue weighted by atomic mass is 79.9. The van der Waals surface area contributed by atoms with Crippen LogP contribution >= 0.6 is 15.9 Å². The molecule has 18 heavy (non-hydrogen) atoms. The Bertz CT molecular complexity index is 428. The molecule has 1 saturated heterocycles. The molecular formula is C14H18BrNO2. The Hall–Kier alpha value is -0.870. The molecule has 1 aliphatic rings. The maximum absolute atomic E-state index is 12.0. The summed E-state index contributed by atoms with van der Waals surface area (Å²) >= 11 is 3.44. The van der Waals surface area contributed by atoms with Crippen LogP contribution < -0.4 is 5.32 Å². The van der Waals surface area contributed by atoms with Gasteiger partial charge in [-0.3, -0.25) is 4.79 Å². The van der Waals surface area contributed by atoms with Gasteiger partial charge in [0.1, 0.15) is 0 Å². The first-order valence-electron chi connectivity index (χ1n) is 6.33. The summed E-state index contributed by atoms with van der Waals surface area (Å²) in [7, 11) is 0. The zero-order valence-corrected chi connectivity index (χ0v) is 12.1. The number of carbonyl (C=O) groups excluding carboxylic acids is 1. The van der Waals surface area contributed by atoms with Crippen LogP contribution in [-0.4, -0.2) is 25.2 Å². The molecular weight excluding hydrogens is 294 g/mol. The lowest BCUT2D eigenvalue weighted by molar-refractivity contribution is 0.0906. The highest BCUT2D eigenvalue weighted by Crippen LogP contribution is 2.19. The Morgan fingerprint density at radius 2 is 2.39 bits per heavy atom. The van der Waals surface area contributed by atoms with Crippen molar-refractivity contribution >= 4 is 21.8 Å². The molecule has 0 bridgehead atoms. The van der Waals surface area contributed by atoms with E-state index in [9.17, 15) is 4.79 Å². The predicted molar refractivity (Wildman–Crippen MR) is 74.8 cm³/mol. The average molecular weight is 312 g/mol. The molecule has 1 N–H and O–H groups in total. The van der Waals surface area contributed by atoms with Gasteiger partial charge in [0.2, 0.25) is 0 Å². The van der Waals surface area contributed by atoms with Crippen LogP contribution in [0.25, 0.3) is 0 Å². The third-order valence-electron chi connectivity index (χ3n) is 3.29. The number of hydrogen-bond acceptors (Lipinski definition) is 2. The number of rotatable bonds is 4. The van der Waals surface area contributed by atoms with E-state index < -0.39 is 0 Å². The summed E-state index contributed by atoms with van der Waals surface area (Å²) in [6.07, 6.45) is 3.49. The van der Waals surface area contributed by atoms with Crippen molar-refractivity contribution in [3.63, 3.8) is 0 Å². The van der Waals surface area contributed by atoms with Crippen LogP contribution in [0.1, 0.15) is 35.2 Å². The number of halogens is 1. The van der Waals surface area contributed by atoms with Gasteiger partial charge in [-0.1, -0.05) is 22.0 Å². The van der Waals surface area contributed by atoms with E-state index in [2.05, 4.69) is 21.2 Å². The van der Waals surface area contributed by atoms with E-state index in [-0.39, 0.29) is 5.91 Å². The van der Waals surface area contributed by atoms with E-state index in [1.54, 1.807) is 0 Å². The summed E-state index contributed by atoms with van der Waals surface area (Å²) in [6, 6.07) is 5.67. The lowest BCUT2D eigenvalue weighted by Gasteiger charge is -2.11. The van der Waals surface area contributed by atoms with E-state index in [4.69, 9.17) is 4.74 Å². The number of nitrogens with one attached hydrogen (secondary N) is 1. The van der Waals surface area contributed by atoms with Gasteiger partial charge < -0.3 is 10.1 Å². The van der Waals surface area contributed by atoms with Crippen LogP contribution in [-0.2, 0) is 4.74 Å². The third-order valence-corrected chi connectivity index (χ3v) is 4.15. The van der Waals surface area contributed by atoms with Crippen molar-refractivity contribution < 1.29 is 9.53 Å². The van der Waals surface area contributed by atoms with Crippen molar-refractivity contribution in [2.45, 2.75) is 32.3 Å². The Balaban J connectivity index is 1.85. The minimum atomic E-state index is -0.00760. The van der Waals surface area contributed by atoms with Gasteiger partial charge in [0.15, 0.2) is 0 Å². The summed E-state index contributed by atoms with van der Waals surface area (Å²) in [5, 5.41) is 2.95. The van der Waals surface area contributed by atoms with Gasteiger partial charge in [0.25, 0.3) is 5.91 Å². The van der Waals surface area contributed by atoms with E-state index in [1.807, 2.05) is 25.1 Å². The second-order valence-electron chi connectivity index (χ2n) is 4.59. The largest absolute Gasteiger partial charge is 0.378 e. The van der Waals surface area contributed by atoms with Crippen molar-refractivity contribution in [1.82, 2.24) is 5.32 Å². The Morgan fingerprint density at radius 3 is 3.11 bits per heavy atom. The Morgan fingerprint density at radius 1 is 1.56 bits per heavy atom. The second-order valence-corrected chi connectivity index (χ2v) is 5.45. The van der Waals surface area contributed by atoms with Crippen molar-refractivity contribution in [2.75, 3.05) is 13.2 Å². The molecule has 0 aromatic heterocycles. The van der Waals surface area contributed by atoms with E-state index >= 15 is 0 Å². The first-order chi connectivity index (χ1) is 8.68. The van der Waals surface area contributed by atoms with E-state index in [0.29, 0.717) is 12.6 Å². The van der Waals surface area contributed by atoms with Crippen LogP contribution in [0.5, 0.6) is 0 Å². The van der Waals surface area contributed by atoms with Gasteiger partial charge in [-0.2, -0.15) is 0 Å². The lowest BCUT2D eigenvalue weighted by Crippen LogP contribution is -2.27. The normalized spacial score (nSPS) is 18.9. The summed E-state index contributed by atoms with van der Waals surface area (Å²) in [5.41, 5.74) is 1.71. The monoisotopic (exact) mass is 311 g/mol. The van der Waals surface area contributed by atoms with Crippen molar-refractivity contribution in [1.29, 1.82) is 0 Å². The molecule has 0 aliphatic carbocycles. The van der Waals surface area contributed by atoms with Crippen LogP contribution in [0, 0.1) is 6.92 Å². The second kappa shape index (κ2) is 6.34. The predicted octanol–water partition coefficient (Wildman–Crippen LogP) is 3.06. The molecule has 98 valence electrons. The van der Waals surface area contributed by atoms with Crippen molar-refractivity contribution in [3.05, 3.63) is 33.8 Å². The van der Waals surface area contributed by atoms with Gasteiger partial charge in [-0.15, -0.1) is 0 Å². The van der Waals surface area contributed by atoms with Crippen LogP contribution in [0.3, 0.4) is 0 Å². The van der Waals surface area contributed by atoms with Gasteiger partial charge in [-0.25, -0.2) is 0 Å². The summed E-state index contributed by atoms with van der Waals surface area (Å²) < 4.78 is 6.49. The minimum absolute atomic E-state index is 0.00760. The van der Waals surface area contributed by atoms with Crippen LogP contribution in [0.2, 0.25) is 0 Å². The molecule has 1 aliphatic heterocycles. The molecule has 1 amide bonds. The number of carbonyl (C=O) groups is 1. The molecule has 1 aromatic rings. The van der Waals surface area contributed by atoms with Gasteiger partial charge >= 0.3 is 0 Å². The van der Waals surface area contributed by atoms with Crippen molar-refractivity contribution in [3.8, 4) is 0 Å². The van der Waals surface area contributed by atoms with Crippen molar-refractivity contribution in [2.24, 2.45) is 0 Å². The summed E-state index contributed by atoms with van der Waals surface area (Å²) in [5.74, 6) is -0.00760. The van der Waals surface area contributed by atoms with Gasteiger partial charge in [-0.05, 0) is 43.9 Å². The zero-order chi connectivity index (χ0) is 13.0. The summed E-state index contributed by atoms with van der Waals surface area (Å²) in [6.45, 7) is 3.48. The fourth-order valence-electron chi connectivity index (χ4n) is 2.17. The zero-order valence-electron chi connectivity index (χ0n) is 10.5. The SMILES string of the molecule is Cc1c(Br)cccc1C(=O)NCCC1CCCO1. The number of hydrogen-bond donors (Lipinski definition) is 1. The summed E-state index contributed by atoms with van der Waals surface area (Å²) in [4.78, 5) is 12.0. The molecule has 1 aromatic carbocycles. The highest BCUT2D eigenvalue weighted by molar-refractivity contribution is 9.10. The van der Waals surface area contributed by atoms with E-state index in [1.165, 1.54) is 0 Å². The third kappa shape index (κ3) is 3.33. The number of benzene rings is 1. The smallest absolute Gasteiger partial charge is 0.251 e. The molecule has 2 rings (SSSR count). The molecule has 0 saturated carbocycles. The topological polar surface area (TPSA) is 38.3 Å². The fraction of sp³-hybridized carbons (Fsp3) is 0.500. The molecule has 1 unspecified atom stereocenters. The Kier molecular flexibility index (Phi) is 4.78. The highest BCUT2D eigenvalue weighted by Gasteiger charge is 2.16. The fourth-order valence-corrected chi connectivity index (χ4v) is 2.53. The Labute approximate surface area is 116 Å². The molecule has 0 radical (unpaired) electrons. The molecule has 1 heterocycles. The molecule has 0 spiro atoms. The van der Waals surface area contributed by atoms with Gasteiger partial charge in [0.05, 0.1) is 6.10 Å². The standard InChI is InChI=1S/C14H18BrNO2/c1-10-12(5-2-6-13(10)15)14(17)16-8-7-11-4-3-9-18-11/h2,5-6,11H,3-4,7-9H2,1H3,(H,16,17).